The van der Waals surface area contributed by atoms with Crippen LogP contribution in [0.1, 0.15) is 52.4 Å². The average Bonchev–Trinajstić information content (AvgIpc) is 2.30. The summed E-state index contributed by atoms with van der Waals surface area (Å²) < 4.78 is 11.4. The summed E-state index contributed by atoms with van der Waals surface area (Å²) in [6.45, 7) is 7.09. The maximum atomic E-state index is 6.28. The number of hydrogen-bond acceptors (Lipinski definition) is 3. The van der Waals surface area contributed by atoms with Crippen LogP contribution in [0.15, 0.2) is 0 Å². The smallest absolute Gasteiger partial charge is 0.0811 e. The Morgan fingerprint density at radius 3 is 2.53 bits per heavy atom. The van der Waals surface area contributed by atoms with Gasteiger partial charge in [0.15, 0.2) is 0 Å². The minimum atomic E-state index is 0.0609. The van der Waals surface area contributed by atoms with Crippen LogP contribution in [0.3, 0.4) is 0 Å². The van der Waals surface area contributed by atoms with E-state index in [4.69, 9.17) is 9.47 Å². The molecule has 0 aliphatic heterocycles. The van der Waals surface area contributed by atoms with Crippen molar-refractivity contribution in [3.8, 4) is 0 Å². The molecule has 1 N–H and O–H groups in total. The van der Waals surface area contributed by atoms with Crippen LogP contribution in [0.25, 0.3) is 0 Å². The van der Waals surface area contributed by atoms with Crippen LogP contribution < -0.4 is 5.32 Å². The fraction of sp³-hybridized carbons (Fsp3) is 1.00. The number of rotatable bonds is 8. The molecule has 0 aromatic rings. The molecule has 17 heavy (non-hydrogen) atoms. The molecule has 0 aromatic heterocycles. The Labute approximate surface area is 106 Å². The highest BCUT2D eigenvalue weighted by molar-refractivity contribution is 4.87. The van der Waals surface area contributed by atoms with Crippen molar-refractivity contribution < 1.29 is 9.47 Å². The zero-order valence-electron chi connectivity index (χ0n) is 11.8. The third kappa shape index (κ3) is 5.36. The summed E-state index contributed by atoms with van der Waals surface area (Å²) in [6, 6.07) is 0. The van der Waals surface area contributed by atoms with Crippen molar-refractivity contribution >= 4 is 0 Å². The predicted molar refractivity (Wildman–Crippen MR) is 71.4 cm³/mol. The molecule has 0 spiro atoms. The summed E-state index contributed by atoms with van der Waals surface area (Å²) >= 11 is 0. The van der Waals surface area contributed by atoms with Crippen molar-refractivity contribution in [3.63, 3.8) is 0 Å². The second kappa shape index (κ2) is 8.06. The Balaban J connectivity index is 2.45. The standard InChI is InChI=1S/C14H29NO2/c1-4-10-15-12-14(8-6-5-7-9-14)17-13(2)11-16-3/h13,15H,4-12H2,1-3H3. The Morgan fingerprint density at radius 2 is 1.94 bits per heavy atom. The molecule has 0 heterocycles. The van der Waals surface area contributed by atoms with Crippen molar-refractivity contribution in [2.75, 3.05) is 26.8 Å². The summed E-state index contributed by atoms with van der Waals surface area (Å²) in [5.41, 5.74) is 0.0609. The summed E-state index contributed by atoms with van der Waals surface area (Å²) in [4.78, 5) is 0. The average molecular weight is 243 g/mol. The fourth-order valence-corrected chi connectivity index (χ4v) is 2.72. The molecule has 102 valence electrons. The zero-order valence-corrected chi connectivity index (χ0v) is 11.8. The Hall–Kier alpha value is -0.120. The van der Waals surface area contributed by atoms with Crippen molar-refractivity contribution in [1.82, 2.24) is 5.32 Å². The first-order valence-electron chi connectivity index (χ1n) is 7.10. The lowest BCUT2D eigenvalue weighted by molar-refractivity contribution is -0.122. The van der Waals surface area contributed by atoms with E-state index in [0.717, 1.165) is 13.1 Å². The van der Waals surface area contributed by atoms with E-state index < -0.39 is 0 Å². The molecule has 1 atom stereocenters. The molecule has 1 aliphatic carbocycles. The third-order valence-corrected chi connectivity index (χ3v) is 3.49. The summed E-state index contributed by atoms with van der Waals surface area (Å²) in [7, 11) is 1.74. The lowest BCUT2D eigenvalue weighted by Gasteiger charge is -2.39. The van der Waals surface area contributed by atoms with Gasteiger partial charge in [-0.1, -0.05) is 26.2 Å². The SMILES string of the molecule is CCCNCC1(OC(C)COC)CCCCC1. The molecule has 0 bridgehead atoms. The molecular weight excluding hydrogens is 214 g/mol. The van der Waals surface area contributed by atoms with Gasteiger partial charge >= 0.3 is 0 Å². The summed E-state index contributed by atoms with van der Waals surface area (Å²) in [6.07, 6.45) is 7.72. The lowest BCUT2D eigenvalue weighted by Crippen LogP contribution is -2.47. The van der Waals surface area contributed by atoms with Gasteiger partial charge in [0, 0.05) is 13.7 Å². The van der Waals surface area contributed by atoms with E-state index in [2.05, 4.69) is 19.2 Å². The van der Waals surface area contributed by atoms with Crippen molar-refractivity contribution in [2.24, 2.45) is 0 Å². The third-order valence-electron chi connectivity index (χ3n) is 3.49. The van der Waals surface area contributed by atoms with E-state index in [1.807, 2.05) is 0 Å². The van der Waals surface area contributed by atoms with E-state index in [-0.39, 0.29) is 11.7 Å². The molecular formula is C14H29NO2. The minimum Gasteiger partial charge on any atom is -0.382 e. The van der Waals surface area contributed by atoms with E-state index >= 15 is 0 Å². The van der Waals surface area contributed by atoms with Crippen LogP contribution in [0, 0.1) is 0 Å². The Bertz CT molecular complexity index is 191. The van der Waals surface area contributed by atoms with E-state index in [1.165, 1.54) is 38.5 Å². The van der Waals surface area contributed by atoms with Crippen LogP contribution in [0.5, 0.6) is 0 Å². The van der Waals surface area contributed by atoms with Crippen LogP contribution in [-0.2, 0) is 9.47 Å². The van der Waals surface area contributed by atoms with Gasteiger partial charge in [0.05, 0.1) is 18.3 Å². The van der Waals surface area contributed by atoms with Crippen molar-refractivity contribution in [1.29, 1.82) is 0 Å². The van der Waals surface area contributed by atoms with Gasteiger partial charge < -0.3 is 14.8 Å². The minimum absolute atomic E-state index is 0.0609. The van der Waals surface area contributed by atoms with E-state index in [0.29, 0.717) is 6.61 Å². The maximum Gasteiger partial charge on any atom is 0.0811 e. The molecule has 0 amide bonds. The first kappa shape index (κ1) is 14.9. The van der Waals surface area contributed by atoms with Crippen LogP contribution in [0.2, 0.25) is 0 Å². The van der Waals surface area contributed by atoms with Gasteiger partial charge in [-0.25, -0.2) is 0 Å². The van der Waals surface area contributed by atoms with Crippen molar-refractivity contribution in [2.45, 2.75) is 64.1 Å². The molecule has 1 unspecified atom stereocenters. The zero-order chi connectivity index (χ0) is 12.6. The molecule has 1 saturated carbocycles. The Kier molecular flexibility index (Phi) is 7.09. The number of methoxy groups -OCH3 is 1. The first-order chi connectivity index (χ1) is 8.22. The second-order valence-corrected chi connectivity index (χ2v) is 5.30. The number of nitrogens with one attached hydrogen (secondary N) is 1. The van der Waals surface area contributed by atoms with Gasteiger partial charge in [0.1, 0.15) is 0 Å². The predicted octanol–water partition coefficient (Wildman–Crippen LogP) is 2.74. The Morgan fingerprint density at radius 1 is 1.24 bits per heavy atom. The highest BCUT2D eigenvalue weighted by atomic mass is 16.5. The number of hydrogen-bond donors (Lipinski definition) is 1. The van der Waals surface area contributed by atoms with E-state index in [1.54, 1.807) is 7.11 Å². The molecule has 1 fully saturated rings. The van der Waals surface area contributed by atoms with Gasteiger partial charge in [0.25, 0.3) is 0 Å². The molecule has 1 aliphatic rings. The highest BCUT2D eigenvalue weighted by Gasteiger charge is 2.34. The summed E-state index contributed by atoms with van der Waals surface area (Å²) in [5, 5.41) is 3.53. The molecule has 0 radical (unpaired) electrons. The van der Waals surface area contributed by atoms with Gasteiger partial charge in [-0.15, -0.1) is 0 Å². The highest BCUT2D eigenvalue weighted by Crippen LogP contribution is 2.32. The van der Waals surface area contributed by atoms with Crippen molar-refractivity contribution in [3.05, 3.63) is 0 Å². The number of ether oxygens (including phenoxy) is 2. The van der Waals surface area contributed by atoms with Gasteiger partial charge in [-0.3, -0.25) is 0 Å². The van der Waals surface area contributed by atoms with Crippen LogP contribution in [-0.4, -0.2) is 38.5 Å². The van der Waals surface area contributed by atoms with Gasteiger partial charge in [-0.05, 0) is 32.7 Å². The largest absolute Gasteiger partial charge is 0.382 e. The maximum absolute atomic E-state index is 6.28. The quantitative estimate of drug-likeness (QED) is 0.665. The van der Waals surface area contributed by atoms with Gasteiger partial charge in [0.2, 0.25) is 0 Å². The molecule has 0 saturated heterocycles. The first-order valence-corrected chi connectivity index (χ1v) is 7.10. The molecule has 0 aromatic carbocycles. The molecule has 3 nitrogen and oxygen atoms in total. The topological polar surface area (TPSA) is 30.5 Å². The lowest BCUT2D eigenvalue weighted by atomic mass is 9.84. The second-order valence-electron chi connectivity index (χ2n) is 5.30. The van der Waals surface area contributed by atoms with Crippen LogP contribution >= 0.6 is 0 Å². The molecule has 1 rings (SSSR count). The normalized spacial score (nSPS) is 21.4. The molecule has 3 heteroatoms. The van der Waals surface area contributed by atoms with Crippen LogP contribution in [0.4, 0.5) is 0 Å². The monoisotopic (exact) mass is 243 g/mol. The van der Waals surface area contributed by atoms with E-state index in [9.17, 15) is 0 Å². The summed E-state index contributed by atoms with van der Waals surface area (Å²) in [5.74, 6) is 0. The van der Waals surface area contributed by atoms with Gasteiger partial charge in [-0.2, -0.15) is 0 Å². The fourth-order valence-electron chi connectivity index (χ4n) is 2.72.